The molecule has 0 amide bonds. The average molecular weight is 639 g/mol. The van der Waals surface area contributed by atoms with Gasteiger partial charge in [0.15, 0.2) is 5.82 Å². The van der Waals surface area contributed by atoms with E-state index in [4.69, 9.17) is 26.3 Å². The van der Waals surface area contributed by atoms with E-state index in [1.165, 1.54) is 18.2 Å². The molecule has 0 radical (unpaired) electrons. The number of halogens is 4. The maximum Gasteiger partial charge on any atom is 0.319 e. The minimum atomic E-state index is -0.914. The number of anilines is 1. The molecule has 0 aliphatic carbocycles. The third-order valence-electron chi connectivity index (χ3n) is 10.3. The third-order valence-corrected chi connectivity index (χ3v) is 10.6. The Balaban J connectivity index is 1.32. The van der Waals surface area contributed by atoms with Gasteiger partial charge in [0.2, 0.25) is 0 Å². The van der Waals surface area contributed by atoms with Crippen molar-refractivity contribution in [3.63, 3.8) is 0 Å². The van der Waals surface area contributed by atoms with E-state index in [0.29, 0.717) is 48.2 Å². The number of hydrogen-bond acceptors (Lipinski definition) is 8. The fourth-order valence-electron chi connectivity index (χ4n) is 8.01. The molecule has 0 spiro atoms. The normalized spacial score (nSPS) is 26.3. The second-order valence-electron chi connectivity index (χ2n) is 12.9. The molecule has 4 aliphatic rings. The average Bonchev–Trinajstić information content (AvgIpc) is 3.51. The van der Waals surface area contributed by atoms with Crippen LogP contribution in [0, 0.1) is 11.6 Å². The van der Waals surface area contributed by atoms with Crippen molar-refractivity contribution in [1.29, 1.82) is 0 Å². The zero-order valence-corrected chi connectivity index (χ0v) is 25.7. The summed E-state index contributed by atoms with van der Waals surface area (Å²) in [5.74, 6) is -1.08. The van der Waals surface area contributed by atoms with Crippen molar-refractivity contribution in [2.24, 2.45) is 0 Å². The number of aromatic hydroxyl groups is 1. The topological polar surface area (TPSA) is 86.6 Å². The maximum atomic E-state index is 16.9. The molecular formula is C33H34ClF3N6O2. The highest BCUT2D eigenvalue weighted by molar-refractivity contribution is 6.31. The summed E-state index contributed by atoms with van der Waals surface area (Å²) in [5.41, 5.74) is 0.147. The molecule has 4 aliphatic heterocycles. The van der Waals surface area contributed by atoms with Gasteiger partial charge in [0, 0.05) is 49.1 Å². The van der Waals surface area contributed by atoms with Gasteiger partial charge in [-0.1, -0.05) is 24.6 Å². The lowest BCUT2D eigenvalue weighted by Crippen LogP contribution is -2.56. The lowest BCUT2D eigenvalue weighted by molar-refractivity contribution is 0.107. The van der Waals surface area contributed by atoms with Gasteiger partial charge in [0.25, 0.3) is 0 Å². The van der Waals surface area contributed by atoms with Crippen molar-refractivity contribution < 1.29 is 23.0 Å². The number of fused-ring (bicyclic) bond motifs is 4. The Bertz CT molecular complexity index is 1840. The summed E-state index contributed by atoms with van der Waals surface area (Å²) < 4.78 is 53.2. The van der Waals surface area contributed by atoms with Crippen LogP contribution in [0.25, 0.3) is 32.9 Å². The van der Waals surface area contributed by atoms with Gasteiger partial charge in [-0.05, 0) is 62.2 Å². The molecule has 2 N–H and O–H groups in total. The summed E-state index contributed by atoms with van der Waals surface area (Å²) in [7, 11) is 0. The van der Waals surface area contributed by atoms with Gasteiger partial charge in [-0.3, -0.25) is 4.90 Å². The highest BCUT2D eigenvalue weighted by Gasteiger charge is 2.49. The fourth-order valence-corrected chi connectivity index (χ4v) is 8.17. The highest BCUT2D eigenvalue weighted by atomic mass is 35.5. The van der Waals surface area contributed by atoms with Gasteiger partial charge in [0.05, 0.1) is 21.6 Å². The van der Waals surface area contributed by atoms with Crippen molar-refractivity contribution in [3.8, 4) is 23.0 Å². The largest absolute Gasteiger partial charge is 0.508 e. The Kier molecular flexibility index (Phi) is 6.99. The predicted octanol–water partition coefficient (Wildman–Crippen LogP) is 5.94. The number of hydrogen-bond donors (Lipinski definition) is 2. The van der Waals surface area contributed by atoms with E-state index in [-0.39, 0.29) is 57.6 Å². The zero-order valence-electron chi connectivity index (χ0n) is 24.9. The smallest absolute Gasteiger partial charge is 0.319 e. The number of phenolic OH excluding ortho intramolecular Hbond substituents is 1. The van der Waals surface area contributed by atoms with Crippen LogP contribution in [-0.2, 0) is 6.42 Å². The van der Waals surface area contributed by atoms with Crippen LogP contribution in [0.5, 0.6) is 11.8 Å². The van der Waals surface area contributed by atoms with Crippen molar-refractivity contribution in [2.75, 3.05) is 37.7 Å². The summed E-state index contributed by atoms with van der Waals surface area (Å²) >= 11 is 6.15. The van der Waals surface area contributed by atoms with Gasteiger partial charge < -0.3 is 20.1 Å². The van der Waals surface area contributed by atoms with Crippen LogP contribution in [0.2, 0.25) is 5.02 Å². The van der Waals surface area contributed by atoms with Crippen molar-refractivity contribution in [1.82, 2.24) is 25.2 Å². The summed E-state index contributed by atoms with van der Waals surface area (Å²) in [4.78, 5) is 18.7. The molecule has 2 aromatic heterocycles. The third kappa shape index (κ3) is 4.68. The van der Waals surface area contributed by atoms with Crippen LogP contribution in [0.3, 0.4) is 0 Å². The van der Waals surface area contributed by atoms with Gasteiger partial charge in [-0.25, -0.2) is 18.2 Å². The Morgan fingerprint density at radius 3 is 2.84 bits per heavy atom. The van der Waals surface area contributed by atoms with Crippen LogP contribution in [0.1, 0.15) is 44.7 Å². The Labute approximate surface area is 263 Å². The summed E-state index contributed by atoms with van der Waals surface area (Å²) in [5, 5.41) is 15.0. The molecule has 2 aromatic carbocycles. The Morgan fingerprint density at radius 1 is 1.13 bits per heavy atom. The molecule has 3 saturated heterocycles. The standard InChI is InChI=1S/C33H34ClF3N6O2/c1-2-19-15-43-20(13-38-19)5-7-24-26-30(40-32(41-31(26)43)45-16-33-8-3-9-42(33)14-18(35)12-33)28(37)29(39-24)22-11-21(44)10-17-4-6-23(34)27(36)25(17)22/h4,6,10-11,18-20,38,44H,2-3,5,7-9,12-16H2,1H3/t18-,19-,20-,33+/m1/s1. The number of pyridine rings is 1. The Hall–Kier alpha value is -3.41. The monoisotopic (exact) mass is 638 g/mol. The SMILES string of the molecule is CC[C@@H]1CN2c3nc(OC[C@@]45CCCN4C[C@H](F)C5)nc4c(F)c(-c5cc(O)cc6ccc(Cl)c(F)c56)nc(c34)CC[C@@H]2CN1. The van der Waals surface area contributed by atoms with E-state index in [1.54, 1.807) is 6.07 Å². The number of nitrogens with zero attached hydrogens (tertiary/aromatic N) is 5. The first-order valence-electron chi connectivity index (χ1n) is 15.8. The molecule has 0 unspecified atom stereocenters. The van der Waals surface area contributed by atoms with E-state index >= 15 is 8.78 Å². The van der Waals surface area contributed by atoms with Gasteiger partial charge in [-0.15, -0.1) is 0 Å². The molecule has 0 bridgehead atoms. The number of ether oxygens (including phenoxy) is 1. The molecule has 4 atom stereocenters. The summed E-state index contributed by atoms with van der Waals surface area (Å²) in [6.45, 7) is 4.95. The van der Waals surface area contributed by atoms with Crippen molar-refractivity contribution >= 4 is 39.1 Å². The molecule has 0 saturated carbocycles. The van der Waals surface area contributed by atoms with Crippen LogP contribution >= 0.6 is 11.6 Å². The maximum absolute atomic E-state index is 16.9. The van der Waals surface area contributed by atoms with E-state index in [0.717, 1.165) is 38.8 Å². The lowest BCUT2D eigenvalue weighted by atomic mass is 9.95. The van der Waals surface area contributed by atoms with Gasteiger partial charge in [-0.2, -0.15) is 9.97 Å². The molecule has 4 aromatic rings. The molecule has 45 heavy (non-hydrogen) atoms. The number of piperazine rings is 1. The predicted molar refractivity (Wildman–Crippen MR) is 167 cm³/mol. The first kappa shape index (κ1) is 29.0. The zero-order chi connectivity index (χ0) is 31.0. The molecule has 8 nitrogen and oxygen atoms in total. The second kappa shape index (κ2) is 10.8. The van der Waals surface area contributed by atoms with Crippen LogP contribution in [-0.4, -0.2) is 81.5 Å². The number of nitrogens with one attached hydrogen (secondary N) is 1. The first-order valence-corrected chi connectivity index (χ1v) is 16.2. The molecule has 12 heteroatoms. The molecule has 3 fully saturated rings. The molecule has 236 valence electrons. The molecular weight excluding hydrogens is 605 g/mol. The van der Waals surface area contributed by atoms with Crippen molar-refractivity contribution in [2.45, 2.75) is 69.2 Å². The lowest BCUT2D eigenvalue weighted by Gasteiger charge is -2.40. The van der Waals surface area contributed by atoms with Crippen LogP contribution in [0.4, 0.5) is 19.0 Å². The van der Waals surface area contributed by atoms with Crippen LogP contribution < -0.4 is 15.0 Å². The van der Waals surface area contributed by atoms with Gasteiger partial charge >= 0.3 is 6.01 Å². The minimum absolute atomic E-state index is 0.0188. The van der Waals surface area contributed by atoms with Crippen molar-refractivity contribution in [3.05, 3.63) is 46.6 Å². The first-order chi connectivity index (χ1) is 21.7. The van der Waals surface area contributed by atoms with Gasteiger partial charge in [0.1, 0.15) is 41.4 Å². The second-order valence-corrected chi connectivity index (χ2v) is 13.4. The number of benzene rings is 2. The number of phenols is 1. The quantitative estimate of drug-likeness (QED) is 0.278. The van der Waals surface area contributed by atoms with E-state index in [1.807, 2.05) is 0 Å². The Morgan fingerprint density at radius 2 is 2.00 bits per heavy atom. The summed E-state index contributed by atoms with van der Waals surface area (Å²) in [6, 6.07) is 6.03. The molecule has 6 heterocycles. The summed E-state index contributed by atoms with van der Waals surface area (Å²) in [6.07, 6.45) is 3.43. The minimum Gasteiger partial charge on any atom is -0.508 e. The number of aromatic nitrogens is 3. The fraction of sp³-hybridized carbons (Fsp3) is 0.485. The van der Waals surface area contributed by atoms with Crippen LogP contribution in [0.15, 0.2) is 24.3 Å². The highest BCUT2D eigenvalue weighted by Crippen LogP contribution is 2.44. The number of alkyl halides is 1. The van der Waals surface area contributed by atoms with E-state index in [2.05, 4.69) is 27.0 Å². The number of aryl methyl sites for hydroxylation is 1. The van der Waals surface area contributed by atoms with E-state index in [9.17, 15) is 9.50 Å². The number of rotatable bonds is 5. The van der Waals surface area contributed by atoms with E-state index < -0.39 is 23.3 Å². The molecule has 8 rings (SSSR count).